The minimum atomic E-state index is -0.503. The molecule has 0 saturated heterocycles. The van der Waals surface area contributed by atoms with Crippen molar-refractivity contribution in [2.45, 2.75) is 46.3 Å². The van der Waals surface area contributed by atoms with Crippen LogP contribution in [0, 0.1) is 0 Å². The van der Waals surface area contributed by atoms with Crippen LogP contribution in [0.1, 0.15) is 34.6 Å². The number of hydrogen-bond acceptors (Lipinski definition) is 10. The van der Waals surface area contributed by atoms with E-state index in [0.29, 0.717) is 106 Å². The van der Waals surface area contributed by atoms with Gasteiger partial charge in [0, 0.05) is 6.54 Å². The predicted molar refractivity (Wildman–Crippen MR) is 131 cm³/mol. The van der Waals surface area contributed by atoms with E-state index >= 15 is 0 Å². The van der Waals surface area contributed by atoms with Crippen LogP contribution >= 0.6 is 0 Å². The molecule has 1 N–H and O–H groups in total. The Balaban J connectivity index is 3.11. The Morgan fingerprint density at radius 1 is 0.571 bits per heavy atom. The Hall–Kier alpha value is -1.05. The number of carbonyl (C=O) groups excluding carboxylic acids is 1. The molecule has 1 amide bonds. The van der Waals surface area contributed by atoms with Gasteiger partial charge in [-0.25, -0.2) is 4.79 Å². The summed E-state index contributed by atoms with van der Waals surface area (Å²) >= 11 is 0. The Labute approximate surface area is 211 Å². The zero-order valence-corrected chi connectivity index (χ0v) is 22.5. The molecule has 11 nitrogen and oxygen atoms in total. The summed E-state index contributed by atoms with van der Waals surface area (Å²) in [6.45, 7) is 17.5. The summed E-state index contributed by atoms with van der Waals surface area (Å²) in [5.74, 6) is 0. The highest BCUT2D eigenvalue weighted by molar-refractivity contribution is 5.67. The second kappa shape index (κ2) is 24.6. The first-order valence-electron chi connectivity index (χ1n) is 12.4. The lowest BCUT2D eigenvalue weighted by molar-refractivity contribution is -0.0255. The Morgan fingerprint density at radius 3 is 1.20 bits per heavy atom. The van der Waals surface area contributed by atoms with E-state index < -0.39 is 11.7 Å². The SMILES string of the molecule is CC(C)OCCOCCOCCOCCOCCOCCOCCOCCNC(=O)OC(C)(C)C. The summed E-state index contributed by atoms with van der Waals surface area (Å²) in [4.78, 5) is 11.4. The normalized spacial score (nSPS) is 11.8. The minimum Gasteiger partial charge on any atom is -0.444 e. The summed E-state index contributed by atoms with van der Waals surface area (Å²) in [5, 5.41) is 2.63. The van der Waals surface area contributed by atoms with Crippen LogP contribution < -0.4 is 5.32 Å². The molecule has 0 saturated carbocycles. The van der Waals surface area contributed by atoms with E-state index in [2.05, 4.69) is 5.32 Å². The smallest absolute Gasteiger partial charge is 0.407 e. The lowest BCUT2D eigenvalue weighted by Gasteiger charge is -2.19. The molecule has 0 spiro atoms. The Bertz CT molecular complexity index is 460. The molecule has 0 unspecified atom stereocenters. The van der Waals surface area contributed by atoms with Gasteiger partial charge in [-0.05, 0) is 34.6 Å². The van der Waals surface area contributed by atoms with Gasteiger partial charge in [0.1, 0.15) is 5.60 Å². The van der Waals surface area contributed by atoms with Crippen LogP contribution in [0.4, 0.5) is 4.79 Å². The van der Waals surface area contributed by atoms with E-state index in [-0.39, 0.29) is 6.10 Å². The molecule has 0 fully saturated rings. The number of rotatable bonds is 25. The molecule has 0 bridgehead atoms. The van der Waals surface area contributed by atoms with Crippen molar-refractivity contribution >= 4 is 6.09 Å². The van der Waals surface area contributed by atoms with Crippen molar-refractivity contribution in [1.29, 1.82) is 0 Å². The van der Waals surface area contributed by atoms with Gasteiger partial charge in [-0.1, -0.05) is 0 Å². The second-order valence-corrected chi connectivity index (χ2v) is 8.63. The molecule has 0 aliphatic carbocycles. The van der Waals surface area contributed by atoms with Crippen LogP contribution in [0.15, 0.2) is 0 Å². The molecule has 11 heteroatoms. The third-order valence-corrected chi connectivity index (χ3v) is 3.83. The summed E-state index contributed by atoms with van der Waals surface area (Å²) in [6.07, 6.45) is -0.216. The summed E-state index contributed by atoms with van der Waals surface area (Å²) < 4.78 is 48.4. The molecule has 0 aliphatic heterocycles. The monoisotopic (exact) mass is 511 g/mol. The molecule has 0 atom stereocenters. The number of nitrogens with one attached hydrogen (secondary N) is 1. The topological polar surface area (TPSA) is 112 Å². The fraction of sp³-hybridized carbons (Fsp3) is 0.958. The Morgan fingerprint density at radius 2 is 0.886 bits per heavy atom. The first kappa shape index (κ1) is 34.0. The highest BCUT2D eigenvalue weighted by Crippen LogP contribution is 2.06. The maximum Gasteiger partial charge on any atom is 0.407 e. The first-order chi connectivity index (χ1) is 16.8. The molecule has 0 aliphatic rings. The molecule has 35 heavy (non-hydrogen) atoms. The number of hydrogen-bond donors (Lipinski definition) is 1. The van der Waals surface area contributed by atoms with Crippen LogP contribution in [-0.2, 0) is 42.6 Å². The van der Waals surface area contributed by atoms with E-state index in [1.807, 2.05) is 34.6 Å². The van der Waals surface area contributed by atoms with Crippen molar-refractivity contribution in [2.24, 2.45) is 0 Å². The molecular formula is C24H49NO10. The van der Waals surface area contributed by atoms with Gasteiger partial charge in [-0.2, -0.15) is 0 Å². The van der Waals surface area contributed by atoms with E-state index in [1.165, 1.54) is 0 Å². The molecule has 0 rings (SSSR count). The van der Waals surface area contributed by atoms with Gasteiger partial charge < -0.3 is 47.9 Å². The lowest BCUT2D eigenvalue weighted by Crippen LogP contribution is -2.34. The van der Waals surface area contributed by atoms with Gasteiger partial charge in [0.25, 0.3) is 0 Å². The highest BCUT2D eigenvalue weighted by atomic mass is 16.6. The van der Waals surface area contributed by atoms with Crippen LogP contribution in [0.2, 0.25) is 0 Å². The van der Waals surface area contributed by atoms with Crippen molar-refractivity contribution in [2.75, 3.05) is 106 Å². The van der Waals surface area contributed by atoms with E-state index in [9.17, 15) is 4.79 Å². The number of ether oxygens (including phenoxy) is 9. The standard InChI is InChI=1S/C24H49NO10/c1-22(2)34-21-20-33-19-18-32-17-16-31-15-14-30-13-12-29-11-10-28-9-8-27-7-6-25-23(26)35-24(3,4)5/h22H,6-21H2,1-5H3,(H,25,26). The van der Waals surface area contributed by atoms with E-state index in [1.54, 1.807) is 0 Å². The number of amides is 1. The maximum atomic E-state index is 11.4. The molecule has 0 aromatic rings. The van der Waals surface area contributed by atoms with Crippen molar-refractivity contribution < 1.29 is 47.4 Å². The van der Waals surface area contributed by atoms with Crippen molar-refractivity contribution in [3.05, 3.63) is 0 Å². The molecule has 0 aromatic heterocycles. The van der Waals surface area contributed by atoms with Crippen LogP contribution in [0.5, 0.6) is 0 Å². The van der Waals surface area contributed by atoms with Gasteiger partial charge in [0.05, 0.1) is 105 Å². The van der Waals surface area contributed by atoms with Crippen molar-refractivity contribution in [3.8, 4) is 0 Å². The Kier molecular flexibility index (Phi) is 23.9. The third-order valence-electron chi connectivity index (χ3n) is 3.83. The molecule has 0 heterocycles. The molecular weight excluding hydrogens is 462 g/mol. The second-order valence-electron chi connectivity index (χ2n) is 8.63. The average Bonchev–Trinajstić information content (AvgIpc) is 2.77. The first-order valence-corrected chi connectivity index (χ1v) is 12.4. The molecule has 0 aromatic carbocycles. The van der Waals surface area contributed by atoms with E-state index in [4.69, 9.17) is 42.6 Å². The van der Waals surface area contributed by atoms with Crippen molar-refractivity contribution in [3.63, 3.8) is 0 Å². The van der Waals surface area contributed by atoms with Crippen LogP contribution in [0.25, 0.3) is 0 Å². The van der Waals surface area contributed by atoms with Crippen LogP contribution in [-0.4, -0.2) is 123 Å². The fourth-order valence-corrected chi connectivity index (χ4v) is 2.30. The minimum absolute atomic E-state index is 0.231. The largest absolute Gasteiger partial charge is 0.444 e. The fourth-order valence-electron chi connectivity index (χ4n) is 2.30. The van der Waals surface area contributed by atoms with Crippen molar-refractivity contribution in [1.82, 2.24) is 5.32 Å². The highest BCUT2D eigenvalue weighted by Gasteiger charge is 2.15. The quantitative estimate of drug-likeness (QED) is 0.183. The molecule has 210 valence electrons. The summed E-state index contributed by atoms with van der Waals surface area (Å²) in [7, 11) is 0. The third kappa shape index (κ3) is 30.9. The summed E-state index contributed by atoms with van der Waals surface area (Å²) in [6, 6.07) is 0. The molecule has 0 radical (unpaired) electrons. The predicted octanol–water partition coefficient (Wildman–Crippen LogP) is 2.05. The number of carbonyl (C=O) groups is 1. The van der Waals surface area contributed by atoms with Gasteiger partial charge >= 0.3 is 6.09 Å². The van der Waals surface area contributed by atoms with Gasteiger partial charge in [0.2, 0.25) is 0 Å². The lowest BCUT2D eigenvalue weighted by atomic mass is 10.2. The maximum absolute atomic E-state index is 11.4. The average molecular weight is 512 g/mol. The zero-order chi connectivity index (χ0) is 26.0. The van der Waals surface area contributed by atoms with Gasteiger partial charge in [-0.3, -0.25) is 0 Å². The number of alkyl carbamates (subject to hydrolysis) is 1. The van der Waals surface area contributed by atoms with Gasteiger partial charge in [0.15, 0.2) is 0 Å². The van der Waals surface area contributed by atoms with Crippen LogP contribution in [0.3, 0.4) is 0 Å². The van der Waals surface area contributed by atoms with E-state index in [0.717, 1.165) is 0 Å². The summed E-state index contributed by atoms with van der Waals surface area (Å²) in [5.41, 5.74) is -0.503. The zero-order valence-electron chi connectivity index (χ0n) is 22.5. The van der Waals surface area contributed by atoms with Gasteiger partial charge in [-0.15, -0.1) is 0 Å².